The van der Waals surface area contributed by atoms with Crippen molar-refractivity contribution in [1.29, 1.82) is 0 Å². The molecule has 0 unspecified atom stereocenters. The van der Waals surface area contributed by atoms with E-state index < -0.39 is 0 Å². The van der Waals surface area contributed by atoms with Gasteiger partial charge in [-0.2, -0.15) is 4.99 Å². The van der Waals surface area contributed by atoms with Crippen LogP contribution in [0.1, 0.15) is 11.4 Å². The zero-order valence-electron chi connectivity index (χ0n) is 14.9. The van der Waals surface area contributed by atoms with Gasteiger partial charge in [-0.05, 0) is 32.0 Å². The first kappa shape index (κ1) is 17.8. The molecular weight excluding hydrogens is 332 g/mol. The molecule has 0 radical (unpaired) electrons. The van der Waals surface area contributed by atoms with Crippen molar-refractivity contribution in [2.45, 2.75) is 13.8 Å². The number of anilines is 1. The standard InChI is InChI=1S/C18H22N6O2/c1-13-12-14(2)20-16(19-13)22-17(24-8-10-26-11-9-24)23-18(25)21-15-6-4-3-5-7-15/h3-7,12H,8-11H2,1-2H3,(H2,19,20,21,22,23,25). The number of aliphatic imine (C=N–C) groups is 1. The van der Waals surface area contributed by atoms with E-state index in [2.05, 4.69) is 25.6 Å². The number of ether oxygens (including phenoxy) is 1. The Labute approximate surface area is 152 Å². The van der Waals surface area contributed by atoms with E-state index in [1.165, 1.54) is 0 Å². The van der Waals surface area contributed by atoms with Gasteiger partial charge in [0.15, 0.2) is 0 Å². The van der Waals surface area contributed by atoms with E-state index in [-0.39, 0.29) is 6.03 Å². The Kier molecular flexibility index (Phi) is 5.75. The number of amides is 2. The number of hydrogen-bond donors (Lipinski definition) is 2. The molecule has 0 atom stereocenters. The molecular formula is C18H22N6O2. The summed E-state index contributed by atoms with van der Waals surface area (Å²) in [5.41, 5.74) is 2.35. The maximum absolute atomic E-state index is 12.4. The van der Waals surface area contributed by atoms with Gasteiger partial charge in [0.25, 0.3) is 5.95 Å². The van der Waals surface area contributed by atoms with Gasteiger partial charge in [-0.15, -0.1) is 0 Å². The Bertz CT molecular complexity index is 767. The summed E-state index contributed by atoms with van der Waals surface area (Å²) in [4.78, 5) is 27.5. The highest BCUT2D eigenvalue weighted by Gasteiger charge is 2.18. The molecule has 0 saturated carbocycles. The summed E-state index contributed by atoms with van der Waals surface area (Å²) < 4.78 is 5.38. The summed E-state index contributed by atoms with van der Waals surface area (Å²) in [5, 5.41) is 5.60. The zero-order valence-corrected chi connectivity index (χ0v) is 14.9. The highest BCUT2D eigenvalue weighted by atomic mass is 16.5. The largest absolute Gasteiger partial charge is 0.378 e. The molecule has 1 aromatic carbocycles. The van der Waals surface area contributed by atoms with Gasteiger partial charge in [0.2, 0.25) is 5.96 Å². The van der Waals surface area contributed by atoms with Crippen LogP contribution in [0.4, 0.5) is 16.4 Å². The molecule has 1 fully saturated rings. The molecule has 8 nitrogen and oxygen atoms in total. The Morgan fingerprint density at radius 1 is 1.12 bits per heavy atom. The van der Waals surface area contributed by atoms with E-state index in [0.29, 0.717) is 43.9 Å². The molecule has 1 saturated heterocycles. The molecule has 3 rings (SSSR count). The number of aromatic nitrogens is 2. The van der Waals surface area contributed by atoms with Crippen molar-refractivity contribution in [2.24, 2.45) is 4.99 Å². The van der Waals surface area contributed by atoms with Crippen LogP contribution >= 0.6 is 0 Å². The summed E-state index contributed by atoms with van der Waals surface area (Å²) in [6, 6.07) is 10.7. The number of guanidine groups is 1. The van der Waals surface area contributed by atoms with Gasteiger partial charge in [-0.1, -0.05) is 18.2 Å². The predicted molar refractivity (Wildman–Crippen MR) is 99.6 cm³/mol. The number of para-hydroxylation sites is 1. The molecule has 2 aromatic rings. The molecule has 2 heterocycles. The van der Waals surface area contributed by atoms with Crippen molar-refractivity contribution in [1.82, 2.24) is 20.2 Å². The summed E-state index contributed by atoms with van der Waals surface area (Å²) in [6.07, 6.45) is 0. The second-order valence-electron chi connectivity index (χ2n) is 5.93. The fourth-order valence-electron chi connectivity index (χ4n) is 2.59. The minimum Gasteiger partial charge on any atom is -0.378 e. The van der Waals surface area contributed by atoms with Crippen molar-refractivity contribution in [3.63, 3.8) is 0 Å². The number of nitrogens with zero attached hydrogens (tertiary/aromatic N) is 4. The van der Waals surface area contributed by atoms with Gasteiger partial charge < -0.3 is 15.0 Å². The summed E-state index contributed by atoms with van der Waals surface area (Å²) in [5.74, 6) is 0.732. The van der Waals surface area contributed by atoms with Crippen LogP contribution in [0.3, 0.4) is 0 Å². The molecule has 26 heavy (non-hydrogen) atoms. The highest BCUT2D eigenvalue weighted by molar-refractivity contribution is 6.02. The lowest BCUT2D eigenvalue weighted by Crippen LogP contribution is -2.50. The topological polar surface area (TPSA) is 91.7 Å². The van der Waals surface area contributed by atoms with Crippen molar-refractivity contribution in [2.75, 3.05) is 31.6 Å². The number of carbonyl (C=O) groups excluding carboxylic acids is 1. The monoisotopic (exact) mass is 354 g/mol. The van der Waals surface area contributed by atoms with E-state index in [0.717, 1.165) is 11.4 Å². The van der Waals surface area contributed by atoms with Crippen LogP contribution in [0, 0.1) is 13.8 Å². The Morgan fingerprint density at radius 2 is 1.77 bits per heavy atom. The fraction of sp³-hybridized carbons (Fsp3) is 0.333. The molecule has 1 aliphatic heterocycles. The molecule has 2 amide bonds. The van der Waals surface area contributed by atoms with Crippen LogP contribution in [0.2, 0.25) is 0 Å². The maximum Gasteiger partial charge on any atom is 0.326 e. The second-order valence-corrected chi connectivity index (χ2v) is 5.93. The van der Waals surface area contributed by atoms with Crippen molar-refractivity contribution in [3.05, 3.63) is 47.8 Å². The first-order chi connectivity index (χ1) is 12.6. The average molecular weight is 354 g/mol. The lowest BCUT2D eigenvalue weighted by atomic mass is 10.3. The fourth-order valence-corrected chi connectivity index (χ4v) is 2.59. The summed E-state index contributed by atoms with van der Waals surface area (Å²) in [6.45, 7) is 6.20. The first-order valence-corrected chi connectivity index (χ1v) is 8.47. The predicted octanol–water partition coefficient (Wildman–Crippen LogP) is 2.23. The molecule has 2 N–H and O–H groups in total. The van der Waals surface area contributed by atoms with E-state index in [9.17, 15) is 4.79 Å². The molecule has 1 aromatic heterocycles. The van der Waals surface area contributed by atoms with Gasteiger partial charge >= 0.3 is 6.03 Å². The number of benzene rings is 1. The zero-order chi connectivity index (χ0) is 18.4. The van der Waals surface area contributed by atoms with Gasteiger partial charge in [-0.25, -0.2) is 14.8 Å². The van der Waals surface area contributed by atoms with Crippen LogP contribution in [0.5, 0.6) is 0 Å². The SMILES string of the molecule is Cc1cc(C)nc(/N=C(/NC(=O)Nc2ccccc2)N2CCOCC2)n1. The van der Waals surface area contributed by atoms with Gasteiger partial charge in [0, 0.05) is 30.2 Å². The van der Waals surface area contributed by atoms with Crippen molar-refractivity contribution < 1.29 is 9.53 Å². The third-order valence-corrected chi connectivity index (χ3v) is 3.74. The molecule has 0 aliphatic carbocycles. The van der Waals surface area contributed by atoms with Gasteiger partial charge in [0.05, 0.1) is 13.2 Å². The Hall–Kier alpha value is -3.00. The number of rotatable bonds is 2. The average Bonchev–Trinajstić information content (AvgIpc) is 2.62. The Balaban J connectivity index is 1.80. The quantitative estimate of drug-likeness (QED) is 0.637. The minimum absolute atomic E-state index is 0.323. The number of aryl methyl sites for hydroxylation is 2. The summed E-state index contributed by atoms with van der Waals surface area (Å²) in [7, 11) is 0. The van der Waals surface area contributed by atoms with E-state index in [4.69, 9.17) is 4.74 Å². The third kappa shape index (κ3) is 5.00. The van der Waals surface area contributed by atoms with E-state index in [1.54, 1.807) is 0 Å². The van der Waals surface area contributed by atoms with Crippen molar-refractivity contribution >= 4 is 23.6 Å². The molecule has 1 aliphatic rings. The van der Waals surface area contributed by atoms with Gasteiger partial charge in [-0.3, -0.25) is 5.32 Å². The van der Waals surface area contributed by atoms with E-state index in [1.807, 2.05) is 55.1 Å². The second kappa shape index (κ2) is 8.39. The number of carbonyl (C=O) groups is 1. The number of hydrogen-bond acceptors (Lipinski definition) is 5. The van der Waals surface area contributed by atoms with Crippen LogP contribution in [-0.2, 0) is 4.74 Å². The molecule has 0 bridgehead atoms. The van der Waals surface area contributed by atoms with Gasteiger partial charge in [0.1, 0.15) is 0 Å². The van der Waals surface area contributed by atoms with Crippen LogP contribution in [0.15, 0.2) is 41.4 Å². The summed E-state index contributed by atoms with van der Waals surface area (Å²) >= 11 is 0. The molecule has 0 spiro atoms. The number of morpholine rings is 1. The Morgan fingerprint density at radius 3 is 2.42 bits per heavy atom. The lowest BCUT2D eigenvalue weighted by Gasteiger charge is -2.29. The maximum atomic E-state index is 12.4. The van der Waals surface area contributed by atoms with Crippen molar-refractivity contribution in [3.8, 4) is 0 Å². The smallest absolute Gasteiger partial charge is 0.326 e. The first-order valence-electron chi connectivity index (χ1n) is 8.47. The number of urea groups is 1. The molecule has 8 heteroatoms. The van der Waals surface area contributed by atoms with Crippen LogP contribution in [-0.4, -0.2) is 53.2 Å². The number of nitrogens with one attached hydrogen (secondary N) is 2. The highest BCUT2D eigenvalue weighted by Crippen LogP contribution is 2.10. The lowest BCUT2D eigenvalue weighted by molar-refractivity contribution is 0.0668. The minimum atomic E-state index is -0.370. The third-order valence-electron chi connectivity index (χ3n) is 3.74. The van der Waals surface area contributed by atoms with Crippen LogP contribution < -0.4 is 10.6 Å². The normalized spacial score (nSPS) is 14.8. The van der Waals surface area contributed by atoms with E-state index >= 15 is 0 Å². The molecule has 136 valence electrons. The van der Waals surface area contributed by atoms with Crippen LogP contribution in [0.25, 0.3) is 0 Å².